The first-order chi connectivity index (χ1) is 16.3. The molecule has 10 heteroatoms. The number of benzene rings is 2. The Hall–Kier alpha value is -2.36. The van der Waals surface area contributed by atoms with E-state index in [-0.39, 0.29) is 16.9 Å². The lowest BCUT2D eigenvalue weighted by molar-refractivity contribution is -0.131. The van der Waals surface area contributed by atoms with Gasteiger partial charge in [0.15, 0.2) is 5.11 Å². The van der Waals surface area contributed by atoms with Crippen LogP contribution in [0, 0.1) is 0 Å². The Morgan fingerprint density at radius 2 is 1.85 bits per heavy atom. The predicted molar refractivity (Wildman–Crippen MR) is 144 cm³/mol. The molecule has 0 saturated carbocycles. The van der Waals surface area contributed by atoms with Crippen molar-refractivity contribution in [1.82, 2.24) is 10.2 Å². The first-order valence-corrected chi connectivity index (χ1v) is 12.8. The molecule has 1 heterocycles. The third kappa shape index (κ3) is 6.84. The fraction of sp³-hybridized carbons (Fsp3) is 0.375. The van der Waals surface area contributed by atoms with Crippen LogP contribution < -0.4 is 20.3 Å². The maximum Gasteiger partial charge on any atom is 0.257 e. The van der Waals surface area contributed by atoms with Gasteiger partial charge >= 0.3 is 0 Å². The molecule has 0 unspecified atom stereocenters. The van der Waals surface area contributed by atoms with Crippen molar-refractivity contribution < 1.29 is 14.3 Å². The van der Waals surface area contributed by atoms with Crippen LogP contribution in [0.1, 0.15) is 37.0 Å². The van der Waals surface area contributed by atoms with Gasteiger partial charge in [0.1, 0.15) is 5.75 Å². The standard InChI is InChI=1S/C24H28BrClN4O3S/c1-3-5-22(31)30-12-10-29(11-13-30)20-8-7-17(15-19(20)26)27-24(34)28-23(32)16-6-9-21(33-4-2)18(25)14-16/h6-9,14-15H,3-5,10-13H2,1-2H3,(H2,27,28,32,34). The smallest absolute Gasteiger partial charge is 0.257 e. The van der Waals surface area contributed by atoms with Gasteiger partial charge in [-0.3, -0.25) is 14.9 Å². The zero-order valence-corrected chi connectivity index (χ0v) is 22.4. The molecule has 1 fully saturated rings. The Kier molecular flexibility index (Phi) is 9.55. The average Bonchev–Trinajstić information content (AvgIpc) is 2.81. The van der Waals surface area contributed by atoms with Crippen LogP contribution >= 0.6 is 39.7 Å². The van der Waals surface area contributed by atoms with E-state index >= 15 is 0 Å². The molecule has 1 aliphatic heterocycles. The molecular weight excluding hydrogens is 540 g/mol. The van der Waals surface area contributed by atoms with E-state index in [1.807, 2.05) is 30.9 Å². The number of nitrogens with one attached hydrogen (secondary N) is 2. The predicted octanol–water partition coefficient (Wildman–Crippen LogP) is 5.08. The number of amides is 2. The monoisotopic (exact) mass is 566 g/mol. The van der Waals surface area contributed by atoms with Gasteiger partial charge in [0.05, 0.1) is 21.8 Å². The molecule has 182 valence electrons. The Balaban J connectivity index is 1.56. The highest BCUT2D eigenvalue weighted by molar-refractivity contribution is 9.10. The highest BCUT2D eigenvalue weighted by atomic mass is 79.9. The molecule has 0 spiro atoms. The second kappa shape index (κ2) is 12.4. The molecule has 2 amide bonds. The zero-order valence-electron chi connectivity index (χ0n) is 19.2. The van der Waals surface area contributed by atoms with Crippen molar-refractivity contribution in [2.24, 2.45) is 0 Å². The maximum atomic E-state index is 12.5. The van der Waals surface area contributed by atoms with E-state index in [9.17, 15) is 9.59 Å². The highest BCUT2D eigenvalue weighted by Gasteiger charge is 2.22. The summed E-state index contributed by atoms with van der Waals surface area (Å²) in [6.07, 6.45) is 1.45. The van der Waals surface area contributed by atoms with Crippen LogP contribution in [0.5, 0.6) is 5.75 Å². The van der Waals surface area contributed by atoms with Gasteiger partial charge in [-0.05, 0) is 77.9 Å². The minimum atomic E-state index is -0.334. The van der Waals surface area contributed by atoms with E-state index in [2.05, 4.69) is 31.5 Å². The third-order valence-electron chi connectivity index (χ3n) is 5.36. The van der Waals surface area contributed by atoms with E-state index in [0.29, 0.717) is 52.6 Å². The van der Waals surface area contributed by atoms with Crippen LogP contribution in [0.4, 0.5) is 11.4 Å². The van der Waals surface area contributed by atoms with Crippen molar-refractivity contribution in [3.63, 3.8) is 0 Å². The van der Waals surface area contributed by atoms with E-state index in [1.54, 1.807) is 24.3 Å². The first-order valence-electron chi connectivity index (χ1n) is 11.2. The fourth-order valence-electron chi connectivity index (χ4n) is 3.66. The molecule has 0 atom stereocenters. The Morgan fingerprint density at radius 3 is 2.47 bits per heavy atom. The lowest BCUT2D eigenvalue weighted by Crippen LogP contribution is -2.48. The molecule has 1 saturated heterocycles. The number of halogens is 2. The van der Waals surface area contributed by atoms with E-state index in [4.69, 9.17) is 28.6 Å². The molecule has 1 aliphatic rings. The van der Waals surface area contributed by atoms with Crippen LogP contribution in [0.15, 0.2) is 40.9 Å². The van der Waals surface area contributed by atoms with Crippen LogP contribution in [0.3, 0.4) is 0 Å². The van der Waals surface area contributed by atoms with Crippen molar-refractivity contribution in [2.45, 2.75) is 26.7 Å². The molecular formula is C24H28BrClN4O3S. The molecule has 34 heavy (non-hydrogen) atoms. The minimum Gasteiger partial charge on any atom is -0.493 e. The third-order valence-corrected chi connectivity index (χ3v) is 6.49. The number of ether oxygens (including phenoxy) is 1. The molecule has 2 aromatic rings. The van der Waals surface area contributed by atoms with Gasteiger partial charge in [0.2, 0.25) is 5.91 Å². The molecule has 0 radical (unpaired) electrons. The number of anilines is 2. The van der Waals surface area contributed by atoms with Crippen molar-refractivity contribution >= 4 is 68.1 Å². The summed E-state index contributed by atoms with van der Waals surface area (Å²) in [4.78, 5) is 28.7. The highest BCUT2D eigenvalue weighted by Crippen LogP contribution is 2.30. The Bertz CT molecular complexity index is 1060. The normalized spacial score (nSPS) is 13.4. The molecule has 0 aromatic heterocycles. The van der Waals surface area contributed by atoms with Crippen LogP contribution in [0.25, 0.3) is 0 Å². The van der Waals surface area contributed by atoms with Crippen molar-refractivity contribution in [3.05, 3.63) is 51.5 Å². The van der Waals surface area contributed by atoms with E-state index in [1.165, 1.54) is 0 Å². The number of rotatable bonds is 7. The SMILES string of the molecule is CCCC(=O)N1CCN(c2ccc(NC(=S)NC(=O)c3ccc(OCC)c(Br)c3)cc2Cl)CC1. The molecule has 3 rings (SSSR count). The lowest BCUT2D eigenvalue weighted by atomic mass is 10.2. The summed E-state index contributed by atoms with van der Waals surface area (Å²) in [5.74, 6) is 0.545. The van der Waals surface area contributed by atoms with Crippen LogP contribution in [0.2, 0.25) is 5.02 Å². The van der Waals surface area contributed by atoms with Crippen LogP contribution in [-0.2, 0) is 4.79 Å². The topological polar surface area (TPSA) is 73.9 Å². The number of hydrogen-bond acceptors (Lipinski definition) is 5. The molecule has 2 N–H and O–H groups in total. The molecule has 2 aromatic carbocycles. The second-order valence-electron chi connectivity index (χ2n) is 7.77. The van der Waals surface area contributed by atoms with Crippen molar-refractivity contribution in [3.8, 4) is 5.75 Å². The molecule has 0 bridgehead atoms. The van der Waals surface area contributed by atoms with E-state index in [0.717, 1.165) is 25.2 Å². The van der Waals surface area contributed by atoms with Gasteiger partial charge in [-0.25, -0.2) is 0 Å². The summed E-state index contributed by atoms with van der Waals surface area (Å²) >= 11 is 15.3. The largest absolute Gasteiger partial charge is 0.493 e. The second-order valence-corrected chi connectivity index (χ2v) is 9.44. The zero-order chi connectivity index (χ0) is 24.7. The van der Waals surface area contributed by atoms with E-state index < -0.39 is 0 Å². The van der Waals surface area contributed by atoms with Gasteiger partial charge < -0.3 is 19.9 Å². The summed E-state index contributed by atoms with van der Waals surface area (Å²) in [5.41, 5.74) is 2.03. The Morgan fingerprint density at radius 1 is 1.12 bits per heavy atom. The van der Waals surface area contributed by atoms with Gasteiger partial charge in [0, 0.05) is 43.9 Å². The lowest BCUT2D eigenvalue weighted by Gasteiger charge is -2.36. The minimum absolute atomic E-state index is 0.168. The summed E-state index contributed by atoms with van der Waals surface area (Å²) in [6, 6.07) is 10.7. The maximum absolute atomic E-state index is 12.5. The number of carbonyl (C=O) groups is 2. The van der Waals surface area contributed by atoms with Gasteiger partial charge in [-0.1, -0.05) is 18.5 Å². The quantitative estimate of drug-likeness (QED) is 0.455. The summed E-state index contributed by atoms with van der Waals surface area (Å²) < 4.78 is 6.16. The summed E-state index contributed by atoms with van der Waals surface area (Å²) in [5, 5.41) is 6.42. The van der Waals surface area contributed by atoms with Crippen LogP contribution in [-0.4, -0.2) is 54.6 Å². The number of nitrogens with zero attached hydrogens (tertiary/aromatic N) is 2. The van der Waals surface area contributed by atoms with Crippen molar-refractivity contribution in [1.29, 1.82) is 0 Å². The van der Waals surface area contributed by atoms with Gasteiger partial charge in [0.25, 0.3) is 5.91 Å². The number of thiocarbonyl (C=S) groups is 1. The van der Waals surface area contributed by atoms with Crippen molar-refractivity contribution in [2.75, 3.05) is 43.0 Å². The van der Waals surface area contributed by atoms with Gasteiger partial charge in [-0.15, -0.1) is 0 Å². The molecule has 0 aliphatic carbocycles. The number of piperazine rings is 1. The first kappa shape index (κ1) is 26.2. The fourth-order valence-corrected chi connectivity index (χ4v) is 4.67. The molecule has 7 nitrogen and oxygen atoms in total. The van der Waals surface area contributed by atoms with Gasteiger partial charge in [-0.2, -0.15) is 0 Å². The number of carbonyl (C=O) groups excluding carboxylic acids is 2. The average molecular weight is 568 g/mol. The number of hydrogen-bond donors (Lipinski definition) is 2. The summed E-state index contributed by atoms with van der Waals surface area (Å²) in [7, 11) is 0. The Labute approximate surface area is 218 Å². The summed E-state index contributed by atoms with van der Waals surface area (Å²) in [6.45, 7) is 7.28.